The molecule has 5 heteroatoms. The third-order valence-corrected chi connectivity index (χ3v) is 2.50. The van der Waals surface area contributed by atoms with Crippen LogP contribution in [0.25, 0.3) is 0 Å². The minimum atomic E-state index is -0.403. The van der Waals surface area contributed by atoms with E-state index in [1.807, 2.05) is 13.0 Å². The normalized spacial score (nSPS) is 9.28. The van der Waals surface area contributed by atoms with Crippen LogP contribution >= 0.6 is 23.2 Å². The van der Waals surface area contributed by atoms with Crippen molar-refractivity contribution < 1.29 is 4.92 Å². The Hall–Kier alpha value is -1.58. The fraction of sp³-hybridized carbons (Fsp3) is 0.0769. The van der Waals surface area contributed by atoms with Gasteiger partial charge in [-0.05, 0) is 25.1 Å². The van der Waals surface area contributed by atoms with Crippen molar-refractivity contribution in [3.05, 3.63) is 74.3 Å². The number of non-ortho nitro benzene ring substituents is 1. The Morgan fingerprint density at radius 3 is 1.83 bits per heavy atom. The zero-order chi connectivity index (χ0) is 13.5. The number of rotatable bonds is 1. The van der Waals surface area contributed by atoms with E-state index in [0.717, 1.165) is 5.56 Å². The number of hydrogen-bond acceptors (Lipinski definition) is 2. The van der Waals surface area contributed by atoms with Gasteiger partial charge in [0.05, 0.1) is 4.92 Å². The van der Waals surface area contributed by atoms with E-state index in [1.54, 1.807) is 30.3 Å². The maximum absolute atomic E-state index is 10.1. The molecule has 2 rings (SSSR count). The van der Waals surface area contributed by atoms with Crippen LogP contribution in [0.3, 0.4) is 0 Å². The van der Waals surface area contributed by atoms with Crippen LogP contribution in [0.2, 0.25) is 10.0 Å². The van der Waals surface area contributed by atoms with Crippen molar-refractivity contribution in [3.63, 3.8) is 0 Å². The Kier molecular flexibility index (Phi) is 5.62. The monoisotopic (exact) mass is 283 g/mol. The van der Waals surface area contributed by atoms with Crippen molar-refractivity contribution in [3.8, 4) is 0 Å². The second-order valence-corrected chi connectivity index (χ2v) is 4.41. The van der Waals surface area contributed by atoms with E-state index in [9.17, 15) is 10.1 Å². The number of benzene rings is 2. The van der Waals surface area contributed by atoms with Gasteiger partial charge in [0.15, 0.2) is 0 Å². The van der Waals surface area contributed by atoms with E-state index in [4.69, 9.17) is 23.2 Å². The lowest BCUT2D eigenvalue weighted by molar-refractivity contribution is -0.384. The summed E-state index contributed by atoms with van der Waals surface area (Å²) in [7, 11) is 0. The lowest BCUT2D eigenvalue weighted by Crippen LogP contribution is -1.86. The number of aryl methyl sites for hydroxylation is 1. The van der Waals surface area contributed by atoms with Gasteiger partial charge in [0.1, 0.15) is 0 Å². The van der Waals surface area contributed by atoms with E-state index in [-0.39, 0.29) is 5.69 Å². The van der Waals surface area contributed by atoms with Crippen molar-refractivity contribution >= 4 is 28.9 Å². The number of nitro benzene ring substituents is 1. The number of halogens is 2. The van der Waals surface area contributed by atoms with Gasteiger partial charge in [-0.2, -0.15) is 0 Å². The van der Waals surface area contributed by atoms with E-state index in [1.165, 1.54) is 12.1 Å². The quantitative estimate of drug-likeness (QED) is 0.552. The molecule has 94 valence electrons. The average Bonchev–Trinajstić information content (AvgIpc) is 2.30. The molecule has 0 saturated carbocycles. The van der Waals surface area contributed by atoms with E-state index >= 15 is 0 Å². The Bertz CT molecular complexity index is 510. The largest absolute Gasteiger partial charge is 0.269 e. The molecule has 0 bridgehead atoms. The molecular weight excluding hydrogens is 273 g/mol. The Balaban J connectivity index is 0.000000184. The highest BCUT2D eigenvalue weighted by Gasteiger charge is 2.00. The van der Waals surface area contributed by atoms with Crippen molar-refractivity contribution in [1.82, 2.24) is 0 Å². The zero-order valence-electron chi connectivity index (χ0n) is 9.64. The van der Waals surface area contributed by atoms with Gasteiger partial charge in [-0.25, -0.2) is 0 Å². The third kappa shape index (κ3) is 5.17. The Morgan fingerprint density at radius 2 is 1.50 bits per heavy atom. The summed E-state index contributed by atoms with van der Waals surface area (Å²) >= 11 is 11.1. The van der Waals surface area contributed by atoms with Crippen molar-refractivity contribution in [2.75, 3.05) is 0 Å². The maximum atomic E-state index is 10.1. The molecule has 18 heavy (non-hydrogen) atoms. The highest BCUT2D eigenvalue weighted by molar-refractivity contribution is 6.34. The van der Waals surface area contributed by atoms with Crippen LogP contribution in [-0.4, -0.2) is 4.92 Å². The van der Waals surface area contributed by atoms with Gasteiger partial charge in [0, 0.05) is 22.2 Å². The Morgan fingerprint density at radius 1 is 1.00 bits per heavy atom. The molecule has 0 heterocycles. The van der Waals surface area contributed by atoms with Crippen molar-refractivity contribution in [2.24, 2.45) is 0 Å². The minimum absolute atomic E-state index is 0.144. The molecule has 0 aliphatic carbocycles. The van der Waals surface area contributed by atoms with Crippen molar-refractivity contribution in [2.45, 2.75) is 6.92 Å². The fourth-order valence-electron chi connectivity index (χ4n) is 1.13. The predicted molar refractivity (Wildman–Crippen MR) is 74.3 cm³/mol. The molecule has 0 amide bonds. The molecule has 0 radical (unpaired) electrons. The molecule has 0 saturated heterocycles. The molecule has 0 unspecified atom stereocenters. The smallest absolute Gasteiger partial charge is 0.258 e. The highest BCUT2D eigenvalue weighted by atomic mass is 35.5. The van der Waals surface area contributed by atoms with Crippen LogP contribution in [0.4, 0.5) is 5.69 Å². The molecular formula is C13H11Cl2NO2. The number of nitrogens with zero attached hydrogens (tertiary/aromatic N) is 1. The third-order valence-electron chi connectivity index (χ3n) is 2.03. The van der Waals surface area contributed by atoms with Crippen LogP contribution in [0.5, 0.6) is 0 Å². The summed E-state index contributed by atoms with van der Waals surface area (Å²) in [5.74, 6) is 0. The fourth-order valence-corrected chi connectivity index (χ4v) is 1.56. The summed E-state index contributed by atoms with van der Waals surface area (Å²) in [4.78, 5) is 9.71. The van der Waals surface area contributed by atoms with Gasteiger partial charge in [-0.1, -0.05) is 47.0 Å². The maximum Gasteiger partial charge on any atom is 0.269 e. The summed E-state index contributed by atoms with van der Waals surface area (Å²) in [6, 6.07) is 13.5. The van der Waals surface area contributed by atoms with Crippen molar-refractivity contribution in [1.29, 1.82) is 0 Å². The Labute approximate surface area is 115 Å². The topological polar surface area (TPSA) is 43.1 Å². The molecule has 0 N–H and O–H groups in total. The van der Waals surface area contributed by atoms with Gasteiger partial charge in [0.2, 0.25) is 0 Å². The average molecular weight is 284 g/mol. The van der Waals surface area contributed by atoms with E-state index in [0.29, 0.717) is 10.0 Å². The molecule has 0 aliphatic rings. The summed E-state index contributed by atoms with van der Waals surface area (Å²) < 4.78 is 0. The molecule has 0 aliphatic heterocycles. The molecule has 0 fully saturated rings. The number of nitro groups is 1. The number of hydrogen-bond donors (Lipinski definition) is 0. The SMILES string of the molecule is Cc1ccc([N+](=O)[O-])cc1.Clc1cccc(Cl)c1. The van der Waals surface area contributed by atoms with Crippen LogP contribution in [-0.2, 0) is 0 Å². The first-order chi connectivity index (χ1) is 8.49. The first-order valence-corrected chi connectivity index (χ1v) is 5.87. The zero-order valence-corrected chi connectivity index (χ0v) is 11.2. The molecule has 2 aromatic carbocycles. The summed E-state index contributed by atoms with van der Waals surface area (Å²) in [6.07, 6.45) is 0. The van der Waals surface area contributed by atoms with Gasteiger partial charge in [0.25, 0.3) is 5.69 Å². The molecule has 3 nitrogen and oxygen atoms in total. The first-order valence-electron chi connectivity index (χ1n) is 5.11. The highest BCUT2D eigenvalue weighted by Crippen LogP contribution is 2.14. The van der Waals surface area contributed by atoms with Crippen LogP contribution in [0, 0.1) is 17.0 Å². The summed E-state index contributed by atoms with van der Waals surface area (Å²) in [5, 5.41) is 11.5. The van der Waals surface area contributed by atoms with Crippen LogP contribution in [0.15, 0.2) is 48.5 Å². The molecule has 0 atom stereocenters. The summed E-state index contributed by atoms with van der Waals surface area (Å²) in [6.45, 7) is 1.89. The van der Waals surface area contributed by atoms with E-state index < -0.39 is 4.92 Å². The van der Waals surface area contributed by atoms with E-state index in [2.05, 4.69) is 0 Å². The molecule has 2 aromatic rings. The second-order valence-electron chi connectivity index (χ2n) is 3.53. The van der Waals surface area contributed by atoms with Gasteiger partial charge < -0.3 is 0 Å². The lowest BCUT2D eigenvalue weighted by Gasteiger charge is -1.90. The van der Waals surface area contributed by atoms with Crippen LogP contribution < -0.4 is 0 Å². The summed E-state index contributed by atoms with van der Waals surface area (Å²) in [5.41, 5.74) is 1.18. The minimum Gasteiger partial charge on any atom is -0.258 e. The lowest BCUT2D eigenvalue weighted by atomic mass is 10.2. The molecule has 0 spiro atoms. The van der Waals surface area contributed by atoms with Crippen LogP contribution in [0.1, 0.15) is 5.56 Å². The second kappa shape index (κ2) is 6.99. The van der Waals surface area contributed by atoms with Gasteiger partial charge >= 0.3 is 0 Å². The molecule has 0 aromatic heterocycles. The first kappa shape index (κ1) is 14.5. The van der Waals surface area contributed by atoms with Gasteiger partial charge in [-0.3, -0.25) is 10.1 Å². The standard InChI is InChI=1S/C7H7NO2.C6H4Cl2/c1-6-2-4-7(5-3-6)8(9)10;7-5-2-1-3-6(8)4-5/h2-5H,1H3;1-4H. The predicted octanol–water partition coefficient (Wildman–Crippen LogP) is 4.90. The van der Waals surface area contributed by atoms with Gasteiger partial charge in [-0.15, -0.1) is 0 Å².